The highest BCUT2D eigenvalue weighted by molar-refractivity contribution is 7.21. The number of benzene rings is 1. The zero-order chi connectivity index (χ0) is 16.5. The van der Waals surface area contributed by atoms with Gasteiger partial charge in [0.25, 0.3) is 5.91 Å². The van der Waals surface area contributed by atoms with E-state index in [0.717, 1.165) is 11.3 Å². The molecule has 118 valence electrons. The summed E-state index contributed by atoms with van der Waals surface area (Å²) in [5, 5.41) is 11.9. The summed E-state index contributed by atoms with van der Waals surface area (Å²) >= 11 is 1.11. The van der Waals surface area contributed by atoms with Crippen LogP contribution in [-0.4, -0.2) is 29.6 Å². The van der Waals surface area contributed by atoms with Crippen LogP contribution in [0.1, 0.15) is 29.1 Å². The van der Waals surface area contributed by atoms with Gasteiger partial charge >= 0.3 is 5.97 Å². The lowest BCUT2D eigenvalue weighted by Crippen LogP contribution is -2.49. The fourth-order valence-electron chi connectivity index (χ4n) is 2.03. The predicted octanol–water partition coefficient (Wildman–Crippen LogP) is 2.78. The maximum Gasteiger partial charge on any atom is 0.328 e. The Hall–Kier alpha value is -1.99. The number of carbonyl (C=O) groups excluding carboxylic acids is 1. The Labute approximate surface area is 130 Å². The van der Waals surface area contributed by atoms with Crippen LogP contribution in [0.25, 0.3) is 10.1 Å². The van der Waals surface area contributed by atoms with E-state index in [-0.39, 0.29) is 11.5 Å². The molecule has 0 aliphatic carbocycles. The monoisotopic (exact) mass is 325 g/mol. The van der Waals surface area contributed by atoms with Crippen LogP contribution in [-0.2, 0) is 16.1 Å². The molecule has 2 rings (SSSR count). The molecular weight excluding hydrogens is 309 g/mol. The summed E-state index contributed by atoms with van der Waals surface area (Å²) in [5.41, 5.74) is -0.991. The van der Waals surface area contributed by atoms with Crippen LogP contribution in [0.2, 0.25) is 0 Å². The van der Waals surface area contributed by atoms with Gasteiger partial charge in [0.1, 0.15) is 11.4 Å². The Morgan fingerprint density at radius 2 is 2.09 bits per heavy atom. The Bertz CT molecular complexity index is 738. The number of fused-ring (bicyclic) bond motifs is 1. The second-order valence-electron chi connectivity index (χ2n) is 5.34. The first kappa shape index (κ1) is 16.4. The minimum absolute atomic E-state index is 0.0667. The number of hydrogen-bond donors (Lipinski definition) is 2. The van der Waals surface area contributed by atoms with Gasteiger partial charge in [0, 0.05) is 22.8 Å². The highest BCUT2D eigenvalue weighted by atomic mass is 32.1. The third kappa shape index (κ3) is 2.95. The van der Waals surface area contributed by atoms with Gasteiger partial charge in [-0.05, 0) is 26.0 Å². The van der Waals surface area contributed by atoms with Gasteiger partial charge < -0.3 is 15.2 Å². The lowest BCUT2D eigenvalue weighted by molar-refractivity contribution is -0.143. The molecule has 0 unspecified atom stereocenters. The molecule has 0 spiro atoms. The Morgan fingerprint density at radius 3 is 2.68 bits per heavy atom. The topological polar surface area (TPSA) is 75.6 Å². The van der Waals surface area contributed by atoms with Crippen LogP contribution in [0, 0.1) is 5.82 Å². The summed E-state index contributed by atoms with van der Waals surface area (Å²) in [6.45, 7) is 2.84. The molecule has 2 N–H and O–H groups in total. The highest BCUT2D eigenvalue weighted by Crippen LogP contribution is 2.34. The number of carboxylic acid groups (broad SMARTS) is 1. The van der Waals surface area contributed by atoms with E-state index in [1.807, 2.05) is 0 Å². The first-order valence-corrected chi connectivity index (χ1v) is 7.34. The molecule has 2 aromatic rings. The van der Waals surface area contributed by atoms with Crippen molar-refractivity contribution in [3.05, 3.63) is 34.5 Å². The minimum atomic E-state index is -1.42. The van der Waals surface area contributed by atoms with Crippen molar-refractivity contribution in [1.29, 1.82) is 0 Å². The van der Waals surface area contributed by atoms with Gasteiger partial charge in [0.05, 0.1) is 11.5 Å². The van der Waals surface area contributed by atoms with Gasteiger partial charge in [-0.3, -0.25) is 4.79 Å². The number of halogens is 1. The molecule has 0 saturated carbocycles. The summed E-state index contributed by atoms with van der Waals surface area (Å²) in [6, 6.07) is 4.59. The van der Waals surface area contributed by atoms with Crippen molar-refractivity contribution in [1.82, 2.24) is 5.32 Å². The van der Waals surface area contributed by atoms with Crippen molar-refractivity contribution in [3.8, 4) is 0 Å². The summed E-state index contributed by atoms with van der Waals surface area (Å²) in [5.74, 6) is -2.14. The molecule has 7 heteroatoms. The summed E-state index contributed by atoms with van der Waals surface area (Å²) < 4.78 is 19.7. The molecule has 1 heterocycles. The molecule has 5 nitrogen and oxygen atoms in total. The second kappa shape index (κ2) is 6.02. The quantitative estimate of drug-likeness (QED) is 0.886. The predicted molar refractivity (Wildman–Crippen MR) is 81.7 cm³/mol. The first-order valence-electron chi connectivity index (χ1n) is 6.52. The van der Waals surface area contributed by atoms with Gasteiger partial charge in [0.2, 0.25) is 0 Å². The fourth-order valence-corrected chi connectivity index (χ4v) is 3.14. The second-order valence-corrected chi connectivity index (χ2v) is 6.39. The maximum atomic E-state index is 14.0. The molecule has 0 fully saturated rings. The fraction of sp³-hybridized carbons (Fsp3) is 0.333. The number of carbonyl (C=O) groups is 2. The van der Waals surface area contributed by atoms with E-state index in [1.165, 1.54) is 27.0 Å². The van der Waals surface area contributed by atoms with Crippen LogP contribution in [0.4, 0.5) is 4.39 Å². The van der Waals surface area contributed by atoms with E-state index in [0.29, 0.717) is 15.6 Å². The zero-order valence-corrected chi connectivity index (χ0v) is 13.2. The van der Waals surface area contributed by atoms with Crippen molar-refractivity contribution >= 4 is 33.3 Å². The van der Waals surface area contributed by atoms with Crippen LogP contribution in [0.15, 0.2) is 18.2 Å². The molecule has 1 aromatic heterocycles. The van der Waals surface area contributed by atoms with E-state index in [2.05, 4.69) is 5.32 Å². The Morgan fingerprint density at radius 1 is 1.41 bits per heavy atom. The lowest BCUT2D eigenvalue weighted by atomic mass is 10.1. The number of thiophene rings is 1. The van der Waals surface area contributed by atoms with E-state index in [9.17, 15) is 14.0 Å². The normalized spacial score (nSPS) is 11.6. The Balaban J connectivity index is 2.51. The molecular formula is C15H16FNO4S. The molecule has 1 aromatic carbocycles. The number of nitrogens with one attached hydrogen (secondary N) is 1. The lowest BCUT2D eigenvalue weighted by Gasteiger charge is -2.20. The van der Waals surface area contributed by atoms with Gasteiger partial charge in [0.15, 0.2) is 0 Å². The minimum Gasteiger partial charge on any atom is -0.480 e. The molecule has 0 saturated heterocycles. The average Bonchev–Trinajstić information content (AvgIpc) is 2.79. The molecule has 22 heavy (non-hydrogen) atoms. The molecule has 0 aliphatic heterocycles. The van der Waals surface area contributed by atoms with Crippen molar-refractivity contribution in [2.45, 2.75) is 26.0 Å². The molecule has 1 amide bonds. The summed E-state index contributed by atoms with van der Waals surface area (Å²) in [6.07, 6.45) is 0. The van der Waals surface area contributed by atoms with E-state index < -0.39 is 23.2 Å². The van der Waals surface area contributed by atoms with Gasteiger partial charge in [-0.25, -0.2) is 9.18 Å². The highest BCUT2D eigenvalue weighted by Gasteiger charge is 2.31. The first-order chi connectivity index (χ1) is 10.3. The van der Waals surface area contributed by atoms with E-state index >= 15 is 0 Å². The number of methoxy groups -OCH3 is 1. The van der Waals surface area contributed by atoms with Crippen LogP contribution >= 0.6 is 11.3 Å². The van der Waals surface area contributed by atoms with Gasteiger partial charge in [-0.2, -0.15) is 0 Å². The number of hydrogen-bond acceptors (Lipinski definition) is 4. The number of ether oxygens (including phenoxy) is 1. The third-order valence-corrected chi connectivity index (χ3v) is 4.41. The van der Waals surface area contributed by atoms with Crippen LogP contribution in [0.5, 0.6) is 0 Å². The number of rotatable bonds is 5. The average molecular weight is 325 g/mol. The molecule has 0 aliphatic rings. The van der Waals surface area contributed by atoms with Crippen LogP contribution in [0.3, 0.4) is 0 Å². The maximum absolute atomic E-state index is 14.0. The SMILES string of the molecule is COCc1c(C(=O)NC(C)(C)C(=O)O)sc2cccc(F)c12. The van der Waals surface area contributed by atoms with E-state index in [4.69, 9.17) is 9.84 Å². The van der Waals surface area contributed by atoms with Crippen LogP contribution < -0.4 is 5.32 Å². The van der Waals surface area contributed by atoms with Gasteiger partial charge in [-0.1, -0.05) is 6.07 Å². The van der Waals surface area contributed by atoms with Crippen molar-refractivity contribution in [3.63, 3.8) is 0 Å². The molecule has 0 radical (unpaired) electrons. The van der Waals surface area contributed by atoms with E-state index in [1.54, 1.807) is 12.1 Å². The molecule has 0 bridgehead atoms. The third-order valence-electron chi connectivity index (χ3n) is 3.22. The smallest absolute Gasteiger partial charge is 0.328 e. The largest absolute Gasteiger partial charge is 0.480 e. The zero-order valence-electron chi connectivity index (χ0n) is 12.4. The number of aliphatic carboxylic acids is 1. The van der Waals surface area contributed by atoms with Crippen molar-refractivity contribution in [2.75, 3.05) is 7.11 Å². The summed E-state index contributed by atoms with van der Waals surface area (Å²) in [4.78, 5) is 23.8. The standard InChI is InChI=1S/C15H16FNO4S/c1-15(2,14(19)20)17-13(18)12-8(7-21-3)11-9(16)5-4-6-10(11)22-12/h4-6H,7H2,1-3H3,(H,17,18)(H,19,20). The summed E-state index contributed by atoms with van der Waals surface area (Å²) in [7, 11) is 1.45. The van der Waals surface area contributed by atoms with Crippen molar-refractivity contribution in [2.24, 2.45) is 0 Å². The molecule has 0 atom stereocenters. The number of amides is 1. The number of carboxylic acids is 1. The van der Waals surface area contributed by atoms with Crippen molar-refractivity contribution < 1.29 is 23.8 Å². The Kier molecular flexibility index (Phi) is 4.48. The van der Waals surface area contributed by atoms with Gasteiger partial charge in [-0.15, -0.1) is 11.3 Å².